The molecule has 0 bridgehead atoms. The topological polar surface area (TPSA) is 32.3 Å². The Labute approximate surface area is 348 Å². The van der Waals surface area contributed by atoms with Gasteiger partial charge in [0, 0.05) is 5.54 Å². The molecule has 0 aliphatic heterocycles. The highest BCUT2D eigenvalue weighted by Crippen LogP contribution is 2.42. The van der Waals surface area contributed by atoms with Crippen molar-refractivity contribution >= 4 is 0 Å². The molecule has 0 amide bonds. The Morgan fingerprint density at radius 3 is 1.11 bits per heavy atom. The lowest BCUT2D eigenvalue weighted by Crippen LogP contribution is -2.36. The lowest BCUT2D eigenvalue weighted by Gasteiger charge is -2.23. The summed E-state index contributed by atoms with van der Waals surface area (Å²) in [5.41, 5.74) is 10.3. The molecule has 2 rings (SSSR count). The Hall–Kier alpha value is -1.28. The summed E-state index contributed by atoms with van der Waals surface area (Å²) in [6.07, 6.45) is 18.3. The van der Waals surface area contributed by atoms with E-state index in [4.69, 9.17) is 0 Å². The molecule has 0 saturated carbocycles. The van der Waals surface area contributed by atoms with Gasteiger partial charge in [0.1, 0.15) is 5.76 Å². The van der Waals surface area contributed by atoms with Crippen molar-refractivity contribution in [1.29, 1.82) is 0 Å². The van der Waals surface area contributed by atoms with Gasteiger partial charge in [-0.05, 0) is 135 Å². The van der Waals surface area contributed by atoms with Crippen molar-refractivity contribution in [2.75, 3.05) is 6.54 Å². The highest BCUT2D eigenvalue weighted by Gasteiger charge is 2.27. The van der Waals surface area contributed by atoms with Gasteiger partial charge in [-0.3, -0.25) is 0 Å². The number of aliphatic hydroxyl groups is 1. The maximum absolute atomic E-state index is 9.89. The predicted molar refractivity (Wildman–Crippen MR) is 253 cm³/mol. The van der Waals surface area contributed by atoms with Gasteiger partial charge in [0.15, 0.2) is 0 Å². The summed E-state index contributed by atoms with van der Waals surface area (Å²) >= 11 is 0. The van der Waals surface area contributed by atoms with E-state index in [1.807, 2.05) is 6.08 Å². The normalized spacial score (nSPS) is 16.2. The Balaban J connectivity index is 0. The molecule has 0 saturated heterocycles. The van der Waals surface area contributed by atoms with Gasteiger partial charge in [-0.25, -0.2) is 0 Å². The first kappa shape index (κ1) is 55.8. The van der Waals surface area contributed by atoms with Gasteiger partial charge in [-0.15, -0.1) is 0 Å². The van der Waals surface area contributed by atoms with Crippen LogP contribution < -0.4 is 5.32 Å². The van der Waals surface area contributed by atoms with Crippen LogP contribution in [0.5, 0.6) is 0 Å². The number of unbranched alkanes of at least 4 members (excludes halogenated alkanes) is 2. The zero-order chi connectivity index (χ0) is 44.1. The smallest absolute Gasteiger partial charge is 0.115 e. The van der Waals surface area contributed by atoms with Crippen molar-refractivity contribution in [3.05, 3.63) is 45.8 Å². The fourth-order valence-electron chi connectivity index (χ4n) is 6.59. The van der Waals surface area contributed by atoms with Gasteiger partial charge in [-0.2, -0.15) is 0 Å². The van der Waals surface area contributed by atoms with Gasteiger partial charge < -0.3 is 10.4 Å². The summed E-state index contributed by atoms with van der Waals surface area (Å²) in [5.74, 6) is 0.509. The van der Waals surface area contributed by atoms with Crippen LogP contribution in [0.1, 0.15) is 244 Å². The quantitative estimate of drug-likeness (QED) is 0.229. The summed E-state index contributed by atoms with van der Waals surface area (Å²) in [4.78, 5) is 0. The molecule has 0 atom stereocenters. The van der Waals surface area contributed by atoms with Crippen LogP contribution in [0, 0.1) is 37.9 Å². The maximum atomic E-state index is 9.89. The van der Waals surface area contributed by atoms with E-state index in [-0.39, 0.29) is 16.4 Å². The second kappa shape index (κ2) is 22.2. The molecule has 0 unspecified atom stereocenters. The Kier molecular flexibility index (Phi) is 22.5. The van der Waals surface area contributed by atoms with Crippen LogP contribution in [0.2, 0.25) is 0 Å². The molecule has 2 N–H and O–H groups in total. The lowest BCUT2D eigenvalue weighted by molar-refractivity contribution is 0.330. The molecular weight excluding hydrogens is 667 g/mol. The minimum absolute atomic E-state index is 0.174. The minimum Gasteiger partial charge on any atom is -0.508 e. The summed E-state index contributed by atoms with van der Waals surface area (Å²) in [6, 6.07) is 0. The molecule has 55 heavy (non-hydrogen) atoms. The summed E-state index contributed by atoms with van der Waals surface area (Å²) in [7, 11) is 0. The van der Waals surface area contributed by atoms with E-state index in [0.717, 1.165) is 19.4 Å². The number of hydrogen-bond donors (Lipinski definition) is 2. The third-order valence-electron chi connectivity index (χ3n) is 9.96. The number of hydrogen-bond acceptors (Lipinski definition) is 2. The molecule has 0 aromatic heterocycles. The molecule has 0 fully saturated rings. The molecular formula is C53H103NO. The fraction of sp³-hybridized carbons (Fsp3) is 0.849. The molecule has 0 spiro atoms. The Morgan fingerprint density at radius 2 is 0.800 bits per heavy atom. The van der Waals surface area contributed by atoms with Crippen molar-refractivity contribution in [1.82, 2.24) is 5.32 Å². The minimum atomic E-state index is 0.174. The van der Waals surface area contributed by atoms with E-state index >= 15 is 0 Å². The highest BCUT2D eigenvalue weighted by atomic mass is 16.3. The summed E-state index contributed by atoms with van der Waals surface area (Å²) in [5, 5.41) is 13.4. The van der Waals surface area contributed by atoms with Crippen LogP contribution in [-0.4, -0.2) is 17.2 Å². The first-order valence-corrected chi connectivity index (χ1v) is 22.4. The van der Waals surface area contributed by atoms with Gasteiger partial charge in [-0.1, -0.05) is 193 Å². The Bertz CT molecular complexity index is 1120. The average molecular weight is 770 g/mol. The first-order chi connectivity index (χ1) is 24.1. The zero-order valence-electron chi connectivity index (χ0n) is 42.6. The van der Waals surface area contributed by atoms with Gasteiger partial charge in [0.05, 0.1) is 0 Å². The van der Waals surface area contributed by atoms with Crippen LogP contribution in [0.3, 0.4) is 0 Å². The standard InChI is InChI=1S/C15H26.C14H24O.C13H28.C11H25N/c1-11-8-13(15(5,6)7)9-12(11)10-14(2,3)4;1-13(2,3)9-10-7-11(8-12(10)15)14(4,5)6;1-12(2,3)10-8-7-9-11-13(4,5)6;1-10(2,3)8-7-9-12-11(4,5)6/h8H,9-10H2,1-7H3;8,15H,7,9H2,1-6H3;7-11H2,1-6H3;12H,7-9H2,1-6H3. The largest absolute Gasteiger partial charge is 0.508 e. The molecule has 0 radical (unpaired) electrons. The summed E-state index contributed by atoms with van der Waals surface area (Å²) in [6.45, 7) is 58.0. The molecule has 0 aromatic rings. The number of rotatable bonds is 9. The monoisotopic (exact) mass is 770 g/mol. The van der Waals surface area contributed by atoms with E-state index in [1.165, 1.54) is 74.5 Å². The average Bonchev–Trinajstić information content (AvgIpc) is 3.45. The fourth-order valence-corrected chi connectivity index (χ4v) is 6.59. The van der Waals surface area contributed by atoms with Crippen molar-refractivity contribution in [2.24, 2.45) is 37.9 Å². The predicted octanol–water partition coefficient (Wildman–Crippen LogP) is 18.0. The first-order valence-electron chi connectivity index (χ1n) is 22.4. The van der Waals surface area contributed by atoms with Crippen molar-refractivity contribution in [3.8, 4) is 0 Å². The molecule has 2 aliphatic carbocycles. The van der Waals surface area contributed by atoms with Crippen molar-refractivity contribution in [3.63, 3.8) is 0 Å². The van der Waals surface area contributed by atoms with Gasteiger partial charge in [0.25, 0.3) is 0 Å². The number of allylic oxidation sites excluding steroid dienone is 7. The molecule has 2 heteroatoms. The van der Waals surface area contributed by atoms with E-state index in [1.54, 1.807) is 11.1 Å². The van der Waals surface area contributed by atoms with Crippen LogP contribution in [0.25, 0.3) is 0 Å². The zero-order valence-corrected chi connectivity index (χ0v) is 42.6. The maximum Gasteiger partial charge on any atom is 0.115 e. The molecule has 0 aromatic carbocycles. The van der Waals surface area contributed by atoms with Crippen LogP contribution in [-0.2, 0) is 0 Å². The van der Waals surface area contributed by atoms with E-state index in [0.29, 0.717) is 32.8 Å². The third kappa shape index (κ3) is 33.4. The molecule has 2 aliphatic rings. The van der Waals surface area contributed by atoms with Crippen molar-refractivity contribution in [2.45, 2.75) is 249 Å². The number of aliphatic hydroxyl groups excluding tert-OH is 1. The highest BCUT2D eigenvalue weighted by molar-refractivity contribution is 5.40. The molecule has 326 valence electrons. The SMILES string of the molecule is CC(C)(C)CC1=C(O)C=C(C(C)(C)C)C1.CC(C)(C)CCCCCC(C)(C)C.CC(C)(C)CCCNC(C)(C)C.CC1=C(CC(C)(C)C)CC(C(C)(C)C)=C1. The van der Waals surface area contributed by atoms with Crippen molar-refractivity contribution < 1.29 is 5.11 Å². The second-order valence-electron chi connectivity index (χ2n) is 26.5. The third-order valence-corrected chi connectivity index (χ3v) is 9.96. The van der Waals surface area contributed by atoms with E-state index in [9.17, 15) is 5.11 Å². The van der Waals surface area contributed by atoms with Crippen LogP contribution in [0.4, 0.5) is 0 Å². The Morgan fingerprint density at radius 1 is 0.455 bits per heavy atom. The molecule has 2 nitrogen and oxygen atoms in total. The second-order valence-corrected chi connectivity index (χ2v) is 26.5. The summed E-state index contributed by atoms with van der Waals surface area (Å²) < 4.78 is 0. The van der Waals surface area contributed by atoms with E-state index < -0.39 is 0 Å². The van der Waals surface area contributed by atoms with Crippen LogP contribution in [0.15, 0.2) is 45.8 Å². The number of nitrogens with one attached hydrogen (secondary N) is 1. The lowest BCUT2D eigenvalue weighted by atomic mass is 9.82. The molecule has 0 heterocycles. The van der Waals surface area contributed by atoms with Gasteiger partial charge in [0.2, 0.25) is 0 Å². The van der Waals surface area contributed by atoms with Crippen LogP contribution >= 0.6 is 0 Å². The van der Waals surface area contributed by atoms with Gasteiger partial charge >= 0.3 is 0 Å². The van der Waals surface area contributed by atoms with E-state index in [2.05, 4.69) is 184 Å².